The number of anilines is 1. The summed E-state index contributed by atoms with van der Waals surface area (Å²) in [5, 5.41) is 2.83. The zero-order valence-electron chi connectivity index (χ0n) is 16.1. The summed E-state index contributed by atoms with van der Waals surface area (Å²) in [6.07, 6.45) is 1.45. The predicted octanol–water partition coefficient (Wildman–Crippen LogP) is 2.58. The number of hydrogen-bond donors (Lipinski definition) is 1. The third-order valence-corrected chi connectivity index (χ3v) is 5.70. The highest BCUT2D eigenvalue weighted by Gasteiger charge is 2.31. The molecule has 0 radical (unpaired) electrons. The summed E-state index contributed by atoms with van der Waals surface area (Å²) in [7, 11) is -3.64. The molecule has 2 aromatic rings. The second kappa shape index (κ2) is 8.10. The summed E-state index contributed by atoms with van der Waals surface area (Å²) < 4.78 is 36.7. The molecule has 1 N–H and O–H groups in total. The van der Waals surface area contributed by atoms with Crippen molar-refractivity contribution in [3.8, 4) is 11.5 Å². The summed E-state index contributed by atoms with van der Waals surface area (Å²) >= 11 is 0. The number of amides is 1. The van der Waals surface area contributed by atoms with E-state index in [9.17, 15) is 13.2 Å². The van der Waals surface area contributed by atoms with Crippen LogP contribution in [0.3, 0.4) is 0 Å². The van der Waals surface area contributed by atoms with Crippen molar-refractivity contribution in [2.24, 2.45) is 0 Å². The first-order valence-corrected chi connectivity index (χ1v) is 10.9. The molecule has 0 aromatic heterocycles. The van der Waals surface area contributed by atoms with Crippen molar-refractivity contribution in [2.75, 3.05) is 17.4 Å². The zero-order valence-corrected chi connectivity index (χ0v) is 17.0. The van der Waals surface area contributed by atoms with Gasteiger partial charge in [0.1, 0.15) is 6.04 Å². The van der Waals surface area contributed by atoms with Crippen molar-refractivity contribution < 1.29 is 22.7 Å². The van der Waals surface area contributed by atoms with Crippen LogP contribution in [0.4, 0.5) is 5.69 Å². The Morgan fingerprint density at radius 3 is 2.46 bits per heavy atom. The van der Waals surface area contributed by atoms with Gasteiger partial charge >= 0.3 is 0 Å². The number of carbonyl (C=O) groups is 1. The van der Waals surface area contributed by atoms with E-state index in [0.717, 1.165) is 17.4 Å². The molecule has 1 heterocycles. The summed E-state index contributed by atoms with van der Waals surface area (Å²) in [6.45, 7) is 4.15. The summed E-state index contributed by atoms with van der Waals surface area (Å²) in [4.78, 5) is 12.8. The van der Waals surface area contributed by atoms with Gasteiger partial charge in [-0.1, -0.05) is 30.7 Å². The van der Waals surface area contributed by atoms with Crippen LogP contribution >= 0.6 is 0 Å². The SMILES string of the molecule is CC[C@H](C(=O)NCc1ccc2c(c1)OCO2)N(c1ccc(C)cc1)S(C)(=O)=O. The first kappa shape index (κ1) is 20.0. The minimum absolute atomic E-state index is 0.183. The van der Waals surface area contributed by atoms with Crippen molar-refractivity contribution in [3.63, 3.8) is 0 Å². The van der Waals surface area contributed by atoms with Crippen LogP contribution in [-0.2, 0) is 21.4 Å². The summed E-state index contributed by atoms with van der Waals surface area (Å²) in [5.74, 6) is 0.950. The lowest BCUT2D eigenvalue weighted by Gasteiger charge is -2.30. The van der Waals surface area contributed by atoms with Crippen molar-refractivity contribution in [1.82, 2.24) is 5.32 Å². The fourth-order valence-electron chi connectivity index (χ4n) is 3.11. The molecule has 3 rings (SSSR count). The second-order valence-electron chi connectivity index (χ2n) is 6.72. The number of nitrogens with one attached hydrogen (secondary N) is 1. The number of nitrogens with zero attached hydrogens (tertiary/aromatic N) is 1. The van der Waals surface area contributed by atoms with E-state index >= 15 is 0 Å². The summed E-state index contributed by atoms with van der Waals surface area (Å²) in [5.41, 5.74) is 2.32. The highest BCUT2D eigenvalue weighted by molar-refractivity contribution is 7.92. The van der Waals surface area contributed by atoms with E-state index < -0.39 is 16.1 Å². The molecule has 150 valence electrons. The van der Waals surface area contributed by atoms with Gasteiger partial charge in [0.2, 0.25) is 22.7 Å². The molecule has 1 aliphatic rings. The molecular formula is C20H24N2O5S. The average molecular weight is 404 g/mol. The lowest BCUT2D eigenvalue weighted by Crippen LogP contribution is -2.49. The normalized spacial score (nSPS) is 13.8. The molecule has 0 unspecified atom stereocenters. The van der Waals surface area contributed by atoms with E-state index in [1.807, 2.05) is 25.1 Å². The number of sulfonamides is 1. The summed E-state index contributed by atoms with van der Waals surface area (Å²) in [6, 6.07) is 11.7. The molecule has 1 atom stereocenters. The van der Waals surface area contributed by atoms with Crippen LogP contribution in [0.25, 0.3) is 0 Å². The standard InChI is InChI=1S/C20H24N2O5S/c1-4-17(22(28(3,24)25)16-8-5-14(2)6-9-16)20(23)21-12-15-7-10-18-19(11-15)27-13-26-18/h5-11,17H,4,12-13H2,1-3H3,(H,21,23)/t17-/m1/s1. The number of fused-ring (bicyclic) bond motifs is 1. The molecule has 1 amide bonds. The average Bonchev–Trinajstić information content (AvgIpc) is 3.12. The van der Waals surface area contributed by atoms with Crippen molar-refractivity contribution in [2.45, 2.75) is 32.9 Å². The molecule has 8 heteroatoms. The van der Waals surface area contributed by atoms with E-state index in [1.165, 1.54) is 4.31 Å². The number of hydrogen-bond acceptors (Lipinski definition) is 5. The Labute approximate surface area is 165 Å². The monoisotopic (exact) mass is 404 g/mol. The smallest absolute Gasteiger partial charge is 0.244 e. The number of benzene rings is 2. The van der Waals surface area contributed by atoms with Crippen molar-refractivity contribution in [1.29, 1.82) is 0 Å². The van der Waals surface area contributed by atoms with Crippen LogP contribution in [-0.4, -0.2) is 33.4 Å². The lowest BCUT2D eigenvalue weighted by molar-refractivity contribution is -0.122. The highest BCUT2D eigenvalue weighted by atomic mass is 32.2. The van der Waals surface area contributed by atoms with Gasteiger partial charge in [0.25, 0.3) is 0 Å². The quantitative estimate of drug-likeness (QED) is 0.767. The molecule has 28 heavy (non-hydrogen) atoms. The highest BCUT2D eigenvalue weighted by Crippen LogP contribution is 2.32. The Bertz CT molecular complexity index is 957. The molecule has 7 nitrogen and oxygen atoms in total. The van der Waals surface area contributed by atoms with Gasteiger partial charge in [0.05, 0.1) is 11.9 Å². The topological polar surface area (TPSA) is 84.9 Å². The van der Waals surface area contributed by atoms with Crippen LogP contribution < -0.4 is 19.1 Å². The minimum Gasteiger partial charge on any atom is -0.454 e. The number of aryl methyl sites for hydroxylation is 1. The fraction of sp³-hybridized carbons (Fsp3) is 0.350. The maximum Gasteiger partial charge on any atom is 0.244 e. The van der Waals surface area contributed by atoms with Crippen molar-refractivity contribution in [3.05, 3.63) is 53.6 Å². The van der Waals surface area contributed by atoms with E-state index in [0.29, 0.717) is 23.6 Å². The number of rotatable bonds is 7. The van der Waals surface area contributed by atoms with E-state index in [4.69, 9.17) is 9.47 Å². The van der Waals surface area contributed by atoms with Crippen LogP contribution in [0.5, 0.6) is 11.5 Å². The predicted molar refractivity (Wildman–Crippen MR) is 107 cm³/mol. The van der Waals surface area contributed by atoms with E-state index in [1.54, 1.807) is 31.2 Å². The van der Waals surface area contributed by atoms with Crippen LogP contribution in [0.15, 0.2) is 42.5 Å². The molecule has 0 aliphatic carbocycles. The molecule has 0 bridgehead atoms. The Kier molecular flexibility index (Phi) is 5.79. The molecule has 0 saturated carbocycles. The first-order chi connectivity index (χ1) is 13.3. The molecule has 0 fully saturated rings. The zero-order chi connectivity index (χ0) is 20.3. The molecule has 2 aromatic carbocycles. The van der Waals surface area contributed by atoms with Gasteiger partial charge in [0, 0.05) is 6.54 Å². The molecule has 0 spiro atoms. The Morgan fingerprint density at radius 1 is 1.14 bits per heavy atom. The first-order valence-electron chi connectivity index (χ1n) is 9.02. The van der Waals surface area contributed by atoms with Crippen LogP contribution in [0, 0.1) is 6.92 Å². The van der Waals surface area contributed by atoms with E-state index in [-0.39, 0.29) is 19.2 Å². The van der Waals surface area contributed by atoms with Gasteiger partial charge in [-0.2, -0.15) is 0 Å². The Morgan fingerprint density at radius 2 is 1.82 bits per heavy atom. The van der Waals surface area contributed by atoms with Crippen LogP contribution in [0.1, 0.15) is 24.5 Å². The fourth-order valence-corrected chi connectivity index (χ4v) is 4.32. The third kappa shape index (κ3) is 4.39. The minimum atomic E-state index is -3.64. The van der Waals surface area contributed by atoms with Gasteiger partial charge in [-0.3, -0.25) is 9.10 Å². The largest absolute Gasteiger partial charge is 0.454 e. The van der Waals surface area contributed by atoms with Gasteiger partial charge < -0.3 is 14.8 Å². The second-order valence-corrected chi connectivity index (χ2v) is 8.58. The maximum absolute atomic E-state index is 12.8. The van der Waals surface area contributed by atoms with Gasteiger partial charge in [-0.15, -0.1) is 0 Å². The molecule has 1 aliphatic heterocycles. The van der Waals surface area contributed by atoms with Gasteiger partial charge in [0.15, 0.2) is 11.5 Å². The van der Waals surface area contributed by atoms with E-state index in [2.05, 4.69) is 5.32 Å². The van der Waals surface area contributed by atoms with Gasteiger partial charge in [-0.25, -0.2) is 8.42 Å². The molecular weight excluding hydrogens is 380 g/mol. The lowest BCUT2D eigenvalue weighted by atomic mass is 10.1. The molecule has 0 saturated heterocycles. The van der Waals surface area contributed by atoms with Crippen molar-refractivity contribution >= 4 is 21.6 Å². The third-order valence-electron chi connectivity index (χ3n) is 4.52. The number of carbonyl (C=O) groups excluding carboxylic acids is 1. The Hall–Kier alpha value is -2.74. The maximum atomic E-state index is 12.8. The van der Waals surface area contributed by atoms with Gasteiger partial charge in [-0.05, 0) is 43.2 Å². The number of ether oxygens (including phenoxy) is 2. The van der Waals surface area contributed by atoms with Crippen LogP contribution in [0.2, 0.25) is 0 Å². The Balaban J connectivity index is 1.77.